The number of benzene rings is 1. The van der Waals surface area contributed by atoms with Gasteiger partial charge < -0.3 is 14.2 Å². The number of aryl methyl sites for hydroxylation is 1. The lowest BCUT2D eigenvalue weighted by Gasteiger charge is -2.24. The Bertz CT molecular complexity index is 1150. The minimum Gasteiger partial charge on any atom is -0.480 e. The number of likely N-dealkylation sites (tertiary alicyclic amines) is 1. The maximum absolute atomic E-state index is 13.2. The minimum atomic E-state index is -4.65. The van der Waals surface area contributed by atoms with E-state index in [-0.39, 0.29) is 28.7 Å². The highest BCUT2D eigenvalue weighted by molar-refractivity contribution is 7.90. The average molecular weight is 459 g/mol. The van der Waals surface area contributed by atoms with Crippen molar-refractivity contribution < 1.29 is 35.6 Å². The molecule has 3 atom stereocenters. The number of nitrogens with zero attached hydrogens (tertiary/aromatic N) is 3. The number of halogens is 3. The summed E-state index contributed by atoms with van der Waals surface area (Å²) in [4.78, 5) is 18.8. The molecule has 1 aromatic heterocycles. The second-order valence-corrected chi connectivity index (χ2v) is 10.1. The van der Waals surface area contributed by atoms with E-state index < -0.39 is 33.4 Å². The van der Waals surface area contributed by atoms with Crippen LogP contribution in [0.1, 0.15) is 35.4 Å². The van der Waals surface area contributed by atoms with Crippen LogP contribution in [0.2, 0.25) is 0 Å². The standard InChI is InChI=1S/C19H20F3N3O5S/c1-10(19(20,21)22)29-15-5-4-13(31(3,27)28)6-14(15)16(26)25-8-12-7-18(12,9-25)17-23-11(2)30-24-17/h4-6,10,12H,7-9H2,1-3H3/t10-,12?,18+/m1/s1. The van der Waals surface area contributed by atoms with Gasteiger partial charge in [0.05, 0.1) is 15.9 Å². The molecule has 8 nitrogen and oxygen atoms in total. The van der Waals surface area contributed by atoms with E-state index in [1.165, 1.54) is 4.90 Å². The molecule has 1 aliphatic heterocycles. The normalized spacial score (nSPS) is 24.1. The molecule has 12 heteroatoms. The van der Waals surface area contributed by atoms with E-state index in [4.69, 9.17) is 9.26 Å². The summed E-state index contributed by atoms with van der Waals surface area (Å²) in [6.45, 7) is 3.08. The van der Waals surface area contributed by atoms with Crippen molar-refractivity contribution in [3.63, 3.8) is 0 Å². The van der Waals surface area contributed by atoms with Gasteiger partial charge in [-0.1, -0.05) is 5.16 Å². The number of hydrogen-bond donors (Lipinski definition) is 0. The molecule has 1 aromatic carbocycles. The zero-order valence-corrected chi connectivity index (χ0v) is 17.7. The van der Waals surface area contributed by atoms with Crippen LogP contribution in [-0.4, -0.2) is 61.0 Å². The summed E-state index contributed by atoms with van der Waals surface area (Å²) in [5, 5.41) is 3.96. The molecule has 168 valence electrons. The van der Waals surface area contributed by atoms with Crippen LogP contribution in [0.3, 0.4) is 0 Å². The van der Waals surface area contributed by atoms with Crippen molar-refractivity contribution in [2.75, 3.05) is 19.3 Å². The Morgan fingerprint density at radius 1 is 1.39 bits per heavy atom. The first kappa shape index (κ1) is 21.6. The van der Waals surface area contributed by atoms with Crippen molar-refractivity contribution in [2.24, 2.45) is 5.92 Å². The topological polar surface area (TPSA) is 103 Å². The quantitative estimate of drug-likeness (QED) is 0.677. The first-order chi connectivity index (χ1) is 14.3. The van der Waals surface area contributed by atoms with Gasteiger partial charge in [0.15, 0.2) is 21.8 Å². The van der Waals surface area contributed by atoms with Gasteiger partial charge in [0.25, 0.3) is 5.91 Å². The Kier molecular flexibility index (Phi) is 4.83. The van der Waals surface area contributed by atoms with Crippen molar-refractivity contribution in [1.29, 1.82) is 0 Å². The van der Waals surface area contributed by atoms with Gasteiger partial charge in [-0.3, -0.25) is 4.79 Å². The zero-order valence-electron chi connectivity index (χ0n) is 16.9. The summed E-state index contributed by atoms with van der Waals surface area (Å²) >= 11 is 0. The maximum Gasteiger partial charge on any atom is 0.425 e. The van der Waals surface area contributed by atoms with Gasteiger partial charge in [0, 0.05) is 26.3 Å². The molecule has 1 saturated heterocycles. The predicted molar refractivity (Wildman–Crippen MR) is 100 cm³/mol. The Morgan fingerprint density at radius 2 is 2.10 bits per heavy atom. The third-order valence-corrected chi connectivity index (χ3v) is 6.89. The summed E-state index contributed by atoms with van der Waals surface area (Å²) in [6.07, 6.45) is -5.10. The number of carbonyl (C=O) groups is 1. The summed E-state index contributed by atoms with van der Waals surface area (Å²) in [6, 6.07) is 3.27. The number of aromatic nitrogens is 2. The molecule has 2 heterocycles. The number of amides is 1. The van der Waals surface area contributed by atoms with Gasteiger partial charge in [-0.2, -0.15) is 18.2 Å². The van der Waals surface area contributed by atoms with E-state index in [1.54, 1.807) is 6.92 Å². The Hall–Kier alpha value is -2.63. The molecule has 0 bridgehead atoms. The fourth-order valence-corrected chi connectivity index (χ4v) is 4.57. The number of hydrogen-bond acceptors (Lipinski definition) is 7. The van der Waals surface area contributed by atoms with Crippen LogP contribution in [0.25, 0.3) is 0 Å². The highest BCUT2D eigenvalue weighted by Gasteiger charge is 2.64. The van der Waals surface area contributed by atoms with Gasteiger partial charge in [0.1, 0.15) is 5.75 Å². The lowest BCUT2D eigenvalue weighted by Crippen LogP contribution is -2.35. The lowest BCUT2D eigenvalue weighted by atomic mass is 10.1. The number of piperidine rings is 1. The van der Waals surface area contributed by atoms with Crippen molar-refractivity contribution >= 4 is 15.7 Å². The Morgan fingerprint density at radius 3 is 2.68 bits per heavy atom. The van der Waals surface area contributed by atoms with Crippen LogP contribution in [0.5, 0.6) is 5.75 Å². The van der Waals surface area contributed by atoms with E-state index in [9.17, 15) is 26.4 Å². The number of fused-ring (bicyclic) bond motifs is 1. The molecule has 2 fully saturated rings. The number of rotatable bonds is 5. The number of carbonyl (C=O) groups excluding carboxylic acids is 1. The third-order valence-electron chi connectivity index (χ3n) is 5.78. The monoisotopic (exact) mass is 459 g/mol. The van der Waals surface area contributed by atoms with Gasteiger partial charge in [-0.15, -0.1) is 0 Å². The van der Waals surface area contributed by atoms with Crippen LogP contribution in [0.4, 0.5) is 13.2 Å². The number of sulfone groups is 1. The first-order valence-corrected chi connectivity index (χ1v) is 11.4. The largest absolute Gasteiger partial charge is 0.480 e. The zero-order chi connectivity index (χ0) is 22.8. The van der Waals surface area contributed by atoms with Crippen molar-refractivity contribution in [2.45, 2.75) is 42.9 Å². The molecular weight excluding hydrogens is 439 g/mol. The second-order valence-electron chi connectivity index (χ2n) is 8.11. The Labute approximate surface area is 176 Å². The van der Waals surface area contributed by atoms with E-state index in [1.807, 2.05) is 0 Å². The van der Waals surface area contributed by atoms with Crippen LogP contribution >= 0.6 is 0 Å². The SMILES string of the molecule is Cc1nc([C@]23CC2CN(C(=O)c2cc(S(C)(=O)=O)ccc2O[C@H](C)C(F)(F)F)C3)no1. The van der Waals surface area contributed by atoms with Gasteiger partial charge in [-0.05, 0) is 37.5 Å². The summed E-state index contributed by atoms with van der Waals surface area (Å²) in [7, 11) is -3.69. The summed E-state index contributed by atoms with van der Waals surface area (Å²) < 4.78 is 72.9. The smallest absolute Gasteiger partial charge is 0.425 e. The maximum atomic E-state index is 13.2. The number of ether oxygens (including phenoxy) is 1. The molecule has 31 heavy (non-hydrogen) atoms. The highest BCUT2D eigenvalue weighted by Crippen LogP contribution is 2.58. The summed E-state index contributed by atoms with van der Waals surface area (Å²) in [5.41, 5.74) is -0.679. The molecule has 1 aliphatic carbocycles. The van der Waals surface area contributed by atoms with E-state index in [2.05, 4.69) is 10.1 Å². The van der Waals surface area contributed by atoms with E-state index in [0.29, 0.717) is 18.3 Å². The molecule has 0 spiro atoms. The molecule has 4 rings (SSSR count). The predicted octanol–water partition coefficient (Wildman–Crippen LogP) is 2.52. The lowest BCUT2D eigenvalue weighted by molar-refractivity contribution is -0.189. The van der Waals surface area contributed by atoms with Crippen LogP contribution in [0.15, 0.2) is 27.6 Å². The average Bonchev–Trinajstić information content (AvgIpc) is 2.99. The molecule has 0 radical (unpaired) electrons. The molecule has 1 unspecified atom stereocenters. The van der Waals surface area contributed by atoms with E-state index >= 15 is 0 Å². The molecule has 1 amide bonds. The molecule has 2 aliphatic rings. The summed E-state index contributed by atoms with van der Waals surface area (Å²) in [5.74, 6) is 0.0637. The fourth-order valence-electron chi connectivity index (χ4n) is 3.92. The molecule has 2 aromatic rings. The molecule has 0 N–H and O–H groups in total. The van der Waals surface area contributed by atoms with Crippen molar-refractivity contribution in [3.8, 4) is 5.75 Å². The van der Waals surface area contributed by atoms with Crippen molar-refractivity contribution in [3.05, 3.63) is 35.5 Å². The fraction of sp³-hybridized carbons (Fsp3) is 0.526. The van der Waals surface area contributed by atoms with Crippen LogP contribution in [0, 0.1) is 12.8 Å². The molecular formula is C19H20F3N3O5S. The second kappa shape index (κ2) is 6.94. The minimum absolute atomic E-state index is 0.102. The Balaban J connectivity index is 1.65. The first-order valence-electron chi connectivity index (χ1n) is 9.49. The van der Waals surface area contributed by atoms with Gasteiger partial charge >= 0.3 is 6.18 Å². The molecule has 1 saturated carbocycles. The van der Waals surface area contributed by atoms with Gasteiger partial charge in [-0.25, -0.2) is 8.42 Å². The van der Waals surface area contributed by atoms with Crippen molar-refractivity contribution in [1.82, 2.24) is 15.0 Å². The highest BCUT2D eigenvalue weighted by atomic mass is 32.2. The van der Waals surface area contributed by atoms with E-state index in [0.717, 1.165) is 37.8 Å². The number of alkyl halides is 3. The van der Waals surface area contributed by atoms with Crippen LogP contribution in [-0.2, 0) is 15.3 Å². The third kappa shape index (κ3) is 3.88. The van der Waals surface area contributed by atoms with Crippen LogP contribution < -0.4 is 4.74 Å². The van der Waals surface area contributed by atoms with Gasteiger partial charge in [0.2, 0.25) is 5.89 Å².